The second-order valence-electron chi connectivity index (χ2n) is 6.43. The first-order valence-electron chi connectivity index (χ1n) is 8.52. The molecule has 0 bridgehead atoms. The molecule has 5 nitrogen and oxygen atoms in total. The van der Waals surface area contributed by atoms with Crippen LogP contribution < -0.4 is 10.5 Å². The van der Waals surface area contributed by atoms with Crippen molar-refractivity contribution >= 4 is 11.6 Å². The van der Waals surface area contributed by atoms with Crippen molar-refractivity contribution in [1.29, 1.82) is 5.26 Å². The number of fused-ring (bicyclic) bond motifs is 1. The van der Waals surface area contributed by atoms with Crippen molar-refractivity contribution in [3.63, 3.8) is 0 Å². The zero-order valence-corrected chi connectivity index (χ0v) is 15.4. The molecule has 3 aromatic rings. The first kappa shape index (κ1) is 17.2. The molecule has 0 spiro atoms. The van der Waals surface area contributed by atoms with Gasteiger partial charge in [0, 0.05) is 5.02 Å². The second-order valence-corrected chi connectivity index (χ2v) is 6.86. The van der Waals surface area contributed by atoms with Crippen LogP contribution in [0, 0.1) is 18.3 Å². The van der Waals surface area contributed by atoms with Gasteiger partial charge in [0.25, 0.3) is 0 Å². The van der Waals surface area contributed by atoms with E-state index in [2.05, 4.69) is 11.2 Å². The van der Waals surface area contributed by atoms with Gasteiger partial charge in [0.15, 0.2) is 0 Å². The van der Waals surface area contributed by atoms with Gasteiger partial charge in [-0.3, -0.25) is 0 Å². The summed E-state index contributed by atoms with van der Waals surface area (Å²) in [5, 5.41) is 15.0. The minimum atomic E-state index is -0.359. The van der Waals surface area contributed by atoms with Crippen molar-refractivity contribution in [1.82, 2.24) is 9.78 Å². The fraction of sp³-hybridized carbons (Fsp3) is 0.143. The van der Waals surface area contributed by atoms with Gasteiger partial charge in [-0.2, -0.15) is 10.4 Å². The molecule has 4 rings (SSSR count). The average molecular weight is 377 g/mol. The summed E-state index contributed by atoms with van der Waals surface area (Å²) < 4.78 is 7.63. The van der Waals surface area contributed by atoms with Crippen LogP contribution in [0.15, 0.2) is 66.1 Å². The highest BCUT2D eigenvalue weighted by Crippen LogP contribution is 2.44. The van der Waals surface area contributed by atoms with E-state index in [4.69, 9.17) is 22.1 Å². The Morgan fingerprint density at radius 3 is 2.70 bits per heavy atom. The lowest BCUT2D eigenvalue weighted by Crippen LogP contribution is -2.22. The van der Waals surface area contributed by atoms with E-state index in [1.165, 1.54) is 0 Å². The molecule has 134 valence electrons. The third kappa shape index (κ3) is 3.05. The minimum absolute atomic E-state index is 0.101. The molecule has 0 aliphatic carbocycles. The monoisotopic (exact) mass is 376 g/mol. The molecule has 2 N–H and O–H groups in total. The molecule has 2 heterocycles. The number of nitrogens with zero attached hydrogens (tertiary/aromatic N) is 3. The van der Waals surface area contributed by atoms with E-state index in [0.717, 1.165) is 22.4 Å². The van der Waals surface area contributed by atoms with Crippen LogP contribution in [0.2, 0.25) is 5.02 Å². The van der Waals surface area contributed by atoms with Crippen molar-refractivity contribution in [3.8, 4) is 11.9 Å². The molecule has 0 fully saturated rings. The largest absolute Gasteiger partial charge is 0.422 e. The molecule has 1 aromatic heterocycles. The number of halogens is 1. The maximum atomic E-state index is 9.69. The fourth-order valence-electron chi connectivity index (χ4n) is 3.46. The molecule has 0 saturated heterocycles. The smallest absolute Gasteiger partial charge is 0.224 e. The van der Waals surface area contributed by atoms with Crippen LogP contribution in [-0.2, 0) is 6.54 Å². The zero-order valence-electron chi connectivity index (χ0n) is 14.7. The summed E-state index contributed by atoms with van der Waals surface area (Å²) >= 11 is 6.19. The number of hydrogen-bond acceptors (Lipinski definition) is 4. The third-order valence-electron chi connectivity index (χ3n) is 4.65. The van der Waals surface area contributed by atoms with Gasteiger partial charge in [-0.05, 0) is 30.2 Å². The number of nitrogens with two attached hydrogens (primary N) is 1. The van der Waals surface area contributed by atoms with E-state index >= 15 is 0 Å². The maximum Gasteiger partial charge on any atom is 0.224 e. The maximum absolute atomic E-state index is 9.69. The molecule has 6 heteroatoms. The molecule has 0 saturated carbocycles. The number of aromatic nitrogens is 2. The van der Waals surface area contributed by atoms with Crippen molar-refractivity contribution < 1.29 is 4.74 Å². The van der Waals surface area contributed by atoms with E-state index in [1.807, 2.05) is 55.5 Å². The Balaban J connectivity index is 1.86. The number of allylic oxidation sites excluding steroid dienone is 1. The van der Waals surface area contributed by atoms with E-state index in [1.54, 1.807) is 10.7 Å². The van der Waals surface area contributed by atoms with Gasteiger partial charge >= 0.3 is 0 Å². The molecule has 0 radical (unpaired) electrons. The van der Waals surface area contributed by atoms with Crippen LogP contribution in [0.25, 0.3) is 0 Å². The summed E-state index contributed by atoms with van der Waals surface area (Å²) in [5.74, 6) is 0.309. The molecular weight excluding hydrogens is 360 g/mol. The van der Waals surface area contributed by atoms with Gasteiger partial charge in [0.2, 0.25) is 11.8 Å². The lowest BCUT2D eigenvalue weighted by molar-refractivity contribution is 0.352. The average Bonchev–Trinajstić information content (AvgIpc) is 2.96. The summed E-state index contributed by atoms with van der Waals surface area (Å²) in [7, 11) is 0. The Hall–Kier alpha value is -3.23. The number of aryl methyl sites for hydroxylation is 1. The normalized spacial score (nSPS) is 15.8. The molecule has 27 heavy (non-hydrogen) atoms. The van der Waals surface area contributed by atoms with E-state index in [0.29, 0.717) is 23.0 Å². The number of rotatable bonds is 3. The standard InChI is InChI=1S/C21H17ClN4O/c1-13-18-19(15-8-5-9-16(22)10-15)17(11-23)20(24)27-21(18)26(25-13)12-14-6-3-2-4-7-14/h2-10,19H,12,24H2,1H3/t19-/m1/s1. The molecule has 1 aliphatic rings. The summed E-state index contributed by atoms with van der Waals surface area (Å²) in [4.78, 5) is 0. The highest BCUT2D eigenvalue weighted by atomic mass is 35.5. The Morgan fingerprint density at radius 1 is 1.22 bits per heavy atom. The first-order valence-corrected chi connectivity index (χ1v) is 8.90. The second kappa shape index (κ2) is 6.82. The SMILES string of the molecule is Cc1nn(Cc2ccccc2)c2c1[C@H](c1cccc(Cl)c1)C(C#N)=C(N)O2. The van der Waals surface area contributed by atoms with Crippen LogP contribution in [0.3, 0.4) is 0 Å². The topological polar surface area (TPSA) is 76.9 Å². The van der Waals surface area contributed by atoms with E-state index in [9.17, 15) is 5.26 Å². The first-order chi connectivity index (χ1) is 13.1. The molecule has 1 aliphatic heterocycles. The van der Waals surface area contributed by atoms with Crippen molar-refractivity contribution in [2.45, 2.75) is 19.4 Å². The molecule has 0 amide bonds. The molecule has 2 aromatic carbocycles. The third-order valence-corrected chi connectivity index (χ3v) is 4.89. The summed E-state index contributed by atoms with van der Waals surface area (Å²) in [6.07, 6.45) is 0. The minimum Gasteiger partial charge on any atom is -0.422 e. The van der Waals surface area contributed by atoms with E-state index in [-0.39, 0.29) is 11.8 Å². The van der Waals surface area contributed by atoms with Crippen LogP contribution in [0.1, 0.15) is 28.3 Å². The summed E-state index contributed by atoms with van der Waals surface area (Å²) in [6, 6.07) is 19.6. The van der Waals surface area contributed by atoms with Gasteiger partial charge in [-0.15, -0.1) is 0 Å². The lowest BCUT2D eigenvalue weighted by Gasteiger charge is -2.25. The van der Waals surface area contributed by atoms with Crippen LogP contribution in [-0.4, -0.2) is 9.78 Å². The number of ether oxygens (including phenoxy) is 1. The van der Waals surface area contributed by atoms with Gasteiger partial charge in [0.05, 0.1) is 23.7 Å². The highest BCUT2D eigenvalue weighted by molar-refractivity contribution is 6.30. The van der Waals surface area contributed by atoms with Crippen LogP contribution in [0.5, 0.6) is 5.88 Å². The van der Waals surface area contributed by atoms with Crippen LogP contribution in [0.4, 0.5) is 0 Å². The van der Waals surface area contributed by atoms with E-state index < -0.39 is 0 Å². The summed E-state index contributed by atoms with van der Waals surface area (Å²) in [6.45, 7) is 2.46. The predicted octanol–water partition coefficient (Wildman–Crippen LogP) is 4.11. The predicted molar refractivity (Wildman–Crippen MR) is 103 cm³/mol. The molecular formula is C21H17ClN4O. The molecule has 1 atom stereocenters. The van der Waals surface area contributed by atoms with Gasteiger partial charge < -0.3 is 10.5 Å². The fourth-order valence-corrected chi connectivity index (χ4v) is 3.66. The highest BCUT2D eigenvalue weighted by Gasteiger charge is 2.35. The Bertz CT molecular complexity index is 1080. The number of nitriles is 1. The number of benzene rings is 2. The Kier molecular flexibility index (Phi) is 4.35. The lowest BCUT2D eigenvalue weighted by atomic mass is 9.84. The Morgan fingerprint density at radius 2 is 2.00 bits per heavy atom. The van der Waals surface area contributed by atoms with Gasteiger partial charge in [-0.1, -0.05) is 54.1 Å². The zero-order chi connectivity index (χ0) is 19.0. The van der Waals surface area contributed by atoms with Crippen LogP contribution >= 0.6 is 11.6 Å². The number of hydrogen-bond donors (Lipinski definition) is 1. The quantitative estimate of drug-likeness (QED) is 0.746. The molecule has 0 unspecified atom stereocenters. The van der Waals surface area contributed by atoms with Crippen molar-refractivity contribution in [3.05, 3.63) is 93.5 Å². The van der Waals surface area contributed by atoms with Gasteiger partial charge in [0.1, 0.15) is 11.6 Å². The van der Waals surface area contributed by atoms with Gasteiger partial charge in [-0.25, -0.2) is 4.68 Å². The summed E-state index contributed by atoms with van der Waals surface area (Å²) in [5.41, 5.74) is 10.1. The van der Waals surface area contributed by atoms with Crippen molar-refractivity contribution in [2.75, 3.05) is 0 Å². The van der Waals surface area contributed by atoms with Crippen molar-refractivity contribution in [2.24, 2.45) is 5.73 Å². The Labute approximate surface area is 162 Å².